The van der Waals surface area contributed by atoms with Gasteiger partial charge in [-0.1, -0.05) is 25.8 Å². The fourth-order valence-corrected chi connectivity index (χ4v) is 2.61. The first-order valence-corrected chi connectivity index (χ1v) is 8.16. The Morgan fingerprint density at radius 1 is 1.36 bits per heavy atom. The molecular formula is C19H29FN2. The van der Waals surface area contributed by atoms with Crippen molar-refractivity contribution in [2.45, 2.75) is 66.5 Å². The van der Waals surface area contributed by atoms with E-state index in [9.17, 15) is 4.39 Å². The number of hydrogen-bond donors (Lipinski definition) is 0. The molecule has 0 aromatic carbocycles. The Kier molecular flexibility index (Phi) is 6.92. The van der Waals surface area contributed by atoms with Crippen molar-refractivity contribution in [1.82, 2.24) is 4.98 Å². The summed E-state index contributed by atoms with van der Waals surface area (Å²) in [5.41, 5.74) is 1.49. The van der Waals surface area contributed by atoms with Gasteiger partial charge in [0.15, 0.2) is 5.82 Å². The van der Waals surface area contributed by atoms with Crippen molar-refractivity contribution < 1.29 is 4.39 Å². The maximum atomic E-state index is 14.0. The number of aromatic nitrogens is 1. The zero-order chi connectivity index (χ0) is 16.8. The van der Waals surface area contributed by atoms with Gasteiger partial charge in [-0.15, -0.1) is 0 Å². The van der Waals surface area contributed by atoms with Crippen LogP contribution in [0, 0.1) is 5.92 Å². The van der Waals surface area contributed by atoms with Gasteiger partial charge < -0.3 is 0 Å². The highest BCUT2D eigenvalue weighted by molar-refractivity contribution is 5.94. The van der Waals surface area contributed by atoms with Gasteiger partial charge in [-0.3, -0.25) is 0 Å². The molecule has 1 aromatic heterocycles. The molecule has 2 nitrogen and oxygen atoms in total. The molecule has 0 fully saturated rings. The molecule has 0 N–H and O–H groups in total. The van der Waals surface area contributed by atoms with Gasteiger partial charge in [0.25, 0.3) is 0 Å². The molecule has 122 valence electrons. The monoisotopic (exact) mass is 304 g/mol. The number of pyridine rings is 1. The molecule has 1 unspecified atom stereocenters. The first-order chi connectivity index (χ1) is 10.3. The molecule has 0 aliphatic carbocycles. The van der Waals surface area contributed by atoms with E-state index in [0.29, 0.717) is 17.3 Å². The van der Waals surface area contributed by atoms with Crippen LogP contribution >= 0.6 is 0 Å². The average molecular weight is 304 g/mol. The van der Waals surface area contributed by atoms with Gasteiger partial charge in [-0.25, -0.2) is 14.4 Å². The topological polar surface area (TPSA) is 25.2 Å². The van der Waals surface area contributed by atoms with Crippen molar-refractivity contribution in [3.8, 4) is 0 Å². The molecule has 0 spiro atoms. The highest BCUT2D eigenvalue weighted by Gasteiger charge is 2.18. The van der Waals surface area contributed by atoms with Crippen molar-refractivity contribution in [2.24, 2.45) is 10.9 Å². The second-order valence-electron chi connectivity index (χ2n) is 6.41. The van der Waals surface area contributed by atoms with Crippen LogP contribution < -0.4 is 0 Å². The second-order valence-corrected chi connectivity index (χ2v) is 6.41. The van der Waals surface area contributed by atoms with Gasteiger partial charge in [0, 0.05) is 11.9 Å². The molecule has 1 atom stereocenters. The molecule has 1 aromatic rings. The largest absolute Gasteiger partial charge is 0.239 e. The Morgan fingerprint density at radius 3 is 2.59 bits per heavy atom. The molecule has 0 radical (unpaired) electrons. The molecule has 0 amide bonds. The van der Waals surface area contributed by atoms with Gasteiger partial charge in [0.1, 0.15) is 5.67 Å². The number of halogens is 1. The lowest BCUT2D eigenvalue weighted by Crippen LogP contribution is -2.08. The highest BCUT2D eigenvalue weighted by Crippen LogP contribution is 2.26. The lowest BCUT2D eigenvalue weighted by molar-refractivity contribution is 0.221. The van der Waals surface area contributed by atoms with Crippen LogP contribution in [0.3, 0.4) is 0 Å². The Labute approximate surface area is 134 Å². The van der Waals surface area contributed by atoms with E-state index in [2.05, 4.69) is 36.8 Å². The third kappa shape index (κ3) is 5.70. The van der Waals surface area contributed by atoms with E-state index in [1.165, 1.54) is 18.4 Å². The highest BCUT2D eigenvalue weighted by atomic mass is 19.1. The molecule has 0 aliphatic heterocycles. The number of hydrogen-bond acceptors (Lipinski definition) is 2. The van der Waals surface area contributed by atoms with Crippen molar-refractivity contribution >= 4 is 11.5 Å². The first kappa shape index (κ1) is 18.5. The summed E-state index contributed by atoms with van der Waals surface area (Å²) < 4.78 is 14.0. The van der Waals surface area contributed by atoms with Crippen LogP contribution in [0.2, 0.25) is 0 Å². The van der Waals surface area contributed by atoms with E-state index in [1.54, 1.807) is 32.2 Å². The third-order valence-electron chi connectivity index (χ3n) is 3.93. The zero-order valence-corrected chi connectivity index (χ0v) is 14.8. The normalized spacial score (nSPS) is 15.0. The van der Waals surface area contributed by atoms with Crippen molar-refractivity contribution in [3.05, 3.63) is 35.5 Å². The van der Waals surface area contributed by atoms with Crippen LogP contribution in [0.15, 0.2) is 35.0 Å². The first-order valence-electron chi connectivity index (χ1n) is 8.16. The Morgan fingerprint density at radius 2 is 2.05 bits per heavy atom. The van der Waals surface area contributed by atoms with Gasteiger partial charge in [0.2, 0.25) is 0 Å². The molecule has 3 heteroatoms. The molecule has 22 heavy (non-hydrogen) atoms. The quantitative estimate of drug-likeness (QED) is 0.554. The standard InChI is InChI=1S/C19H29FN2/c1-7-9-16(8-2)14(3)12-15(4)22-18-13-17(10-11-21-18)19(5,6)20/h10-13,16H,7-9H2,1-6H3/b14-12+,22-15?. The molecule has 1 heterocycles. The summed E-state index contributed by atoms with van der Waals surface area (Å²) in [7, 11) is 0. The van der Waals surface area contributed by atoms with Gasteiger partial charge in [-0.2, -0.15) is 0 Å². The van der Waals surface area contributed by atoms with Gasteiger partial charge >= 0.3 is 0 Å². The third-order valence-corrected chi connectivity index (χ3v) is 3.93. The van der Waals surface area contributed by atoms with Crippen LogP contribution in [0.25, 0.3) is 0 Å². The molecule has 0 saturated carbocycles. The van der Waals surface area contributed by atoms with Crippen molar-refractivity contribution in [3.63, 3.8) is 0 Å². The van der Waals surface area contributed by atoms with Crippen LogP contribution in [-0.4, -0.2) is 10.7 Å². The summed E-state index contributed by atoms with van der Waals surface area (Å²) in [6, 6.07) is 3.42. The van der Waals surface area contributed by atoms with E-state index >= 15 is 0 Å². The van der Waals surface area contributed by atoms with Crippen LogP contribution in [0.4, 0.5) is 10.2 Å². The zero-order valence-electron chi connectivity index (χ0n) is 14.8. The lowest BCUT2D eigenvalue weighted by atomic mass is 9.92. The summed E-state index contributed by atoms with van der Waals surface area (Å²) in [5.74, 6) is 1.17. The number of nitrogens with zero attached hydrogens (tertiary/aromatic N) is 2. The SMILES string of the molecule is CCCC(CC)/C(C)=C/C(C)=Nc1cc(C(C)(C)F)ccn1. The summed E-state index contributed by atoms with van der Waals surface area (Å²) in [4.78, 5) is 8.73. The number of aliphatic imine (C=N–C) groups is 1. The molecule has 0 aliphatic rings. The van der Waals surface area contributed by atoms with Gasteiger partial charge in [-0.05, 0) is 70.2 Å². The fourth-order valence-electron chi connectivity index (χ4n) is 2.61. The van der Waals surface area contributed by atoms with Crippen LogP contribution in [0.1, 0.15) is 66.4 Å². The number of allylic oxidation sites excluding steroid dienone is 2. The molecule has 0 saturated heterocycles. The van der Waals surface area contributed by atoms with E-state index < -0.39 is 5.67 Å². The van der Waals surface area contributed by atoms with E-state index in [0.717, 1.165) is 12.1 Å². The molecular weight excluding hydrogens is 275 g/mol. The lowest BCUT2D eigenvalue weighted by Gasteiger charge is -2.15. The van der Waals surface area contributed by atoms with E-state index in [-0.39, 0.29) is 0 Å². The molecule has 1 rings (SSSR count). The van der Waals surface area contributed by atoms with Crippen molar-refractivity contribution in [2.75, 3.05) is 0 Å². The maximum absolute atomic E-state index is 14.0. The summed E-state index contributed by atoms with van der Waals surface area (Å²) in [5, 5.41) is 0. The molecule has 0 bridgehead atoms. The minimum absolute atomic E-state index is 0.563. The average Bonchev–Trinajstić information content (AvgIpc) is 2.43. The minimum atomic E-state index is -1.37. The van der Waals surface area contributed by atoms with Crippen LogP contribution in [-0.2, 0) is 5.67 Å². The van der Waals surface area contributed by atoms with E-state index in [4.69, 9.17) is 0 Å². The van der Waals surface area contributed by atoms with Gasteiger partial charge in [0.05, 0.1) is 0 Å². The smallest absolute Gasteiger partial charge is 0.152 e. The predicted molar refractivity (Wildman–Crippen MR) is 93.6 cm³/mol. The fraction of sp³-hybridized carbons (Fsp3) is 0.579. The second kappa shape index (κ2) is 8.21. The van der Waals surface area contributed by atoms with E-state index in [1.807, 2.05) is 6.92 Å². The maximum Gasteiger partial charge on any atom is 0.152 e. The summed E-state index contributed by atoms with van der Waals surface area (Å²) in [6.07, 6.45) is 7.28. The Hall–Kier alpha value is -1.51. The number of rotatable bonds is 7. The Balaban J connectivity index is 2.97. The predicted octanol–water partition coefficient (Wildman–Crippen LogP) is 6.15. The Bertz CT molecular complexity index is 539. The van der Waals surface area contributed by atoms with Crippen molar-refractivity contribution in [1.29, 1.82) is 0 Å². The summed E-state index contributed by atoms with van der Waals surface area (Å²) in [6.45, 7) is 11.7. The summed E-state index contributed by atoms with van der Waals surface area (Å²) >= 11 is 0. The van der Waals surface area contributed by atoms with Crippen LogP contribution in [0.5, 0.6) is 0 Å². The minimum Gasteiger partial charge on any atom is -0.239 e. The number of alkyl halides is 1.